The van der Waals surface area contributed by atoms with E-state index in [4.69, 9.17) is 21.1 Å². The van der Waals surface area contributed by atoms with Crippen LogP contribution in [0.25, 0.3) is 6.08 Å². The quantitative estimate of drug-likeness (QED) is 0.121. The molecule has 0 fully saturated rings. The van der Waals surface area contributed by atoms with Crippen LogP contribution in [0.15, 0.2) is 64.6 Å². The van der Waals surface area contributed by atoms with Crippen molar-refractivity contribution in [2.24, 2.45) is 0 Å². The maximum absolute atomic E-state index is 13.0. The Balaban J connectivity index is 1.99. The van der Waals surface area contributed by atoms with Gasteiger partial charge in [-0.25, -0.2) is 0 Å². The van der Waals surface area contributed by atoms with Crippen molar-refractivity contribution in [1.29, 1.82) is 5.26 Å². The number of halogens is 5. The lowest BCUT2D eigenvalue weighted by atomic mass is 10.1. The van der Waals surface area contributed by atoms with Gasteiger partial charge in [-0.3, -0.25) is 14.9 Å². The first-order valence-corrected chi connectivity index (χ1v) is 11.8. The number of benzene rings is 3. The first-order valence-electron chi connectivity index (χ1n) is 10.6. The van der Waals surface area contributed by atoms with Crippen molar-refractivity contribution in [3.63, 3.8) is 0 Å². The molecule has 0 saturated carbocycles. The highest BCUT2D eigenvalue weighted by Crippen LogP contribution is 2.44. The molecule has 38 heavy (non-hydrogen) atoms. The summed E-state index contributed by atoms with van der Waals surface area (Å²) in [4.78, 5) is 23.1. The van der Waals surface area contributed by atoms with Crippen LogP contribution in [0.3, 0.4) is 0 Å². The molecule has 1 N–H and O–H groups in total. The fraction of sp³-hybridized carbons (Fsp3) is 0.120. The van der Waals surface area contributed by atoms with E-state index >= 15 is 0 Å². The maximum atomic E-state index is 13.0. The van der Waals surface area contributed by atoms with Gasteiger partial charge in [0.1, 0.15) is 11.6 Å². The number of alkyl halides is 3. The summed E-state index contributed by atoms with van der Waals surface area (Å²) in [6.07, 6.45) is -3.52. The number of nitriles is 1. The van der Waals surface area contributed by atoms with Crippen LogP contribution in [0.4, 0.5) is 24.5 Å². The standard InChI is InChI=1S/C25H16BrClF3N3O5/c1-2-37-22-11-14(9-15(13-31)24(34)32-19-6-4-3-5-18(19)27)10-17(26)23(22)38-21-8-7-16(25(28,29)30)12-20(21)33(35)36/h3-12H,2H2,1H3,(H,32,34)/b15-9+. The van der Waals surface area contributed by atoms with Crippen molar-refractivity contribution < 1.29 is 32.4 Å². The largest absolute Gasteiger partial charge is 0.490 e. The van der Waals surface area contributed by atoms with E-state index < -0.39 is 34.0 Å². The number of carbonyl (C=O) groups excluding carboxylic acids is 1. The van der Waals surface area contributed by atoms with Crippen molar-refractivity contribution in [3.05, 3.63) is 90.9 Å². The molecule has 196 valence electrons. The summed E-state index contributed by atoms with van der Waals surface area (Å²) in [5.74, 6) is -1.20. The predicted molar refractivity (Wildman–Crippen MR) is 137 cm³/mol. The molecule has 0 aromatic heterocycles. The molecule has 0 atom stereocenters. The molecule has 0 aliphatic carbocycles. The van der Waals surface area contributed by atoms with E-state index in [1.165, 1.54) is 18.2 Å². The number of rotatable bonds is 8. The minimum Gasteiger partial charge on any atom is -0.490 e. The number of ether oxygens (including phenoxy) is 2. The van der Waals surface area contributed by atoms with E-state index in [1.54, 1.807) is 37.3 Å². The van der Waals surface area contributed by atoms with E-state index in [1.807, 2.05) is 0 Å². The van der Waals surface area contributed by atoms with Gasteiger partial charge >= 0.3 is 11.9 Å². The van der Waals surface area contributed by atoms with Gasteiger partial charge in [0.05, 0.1) is 32.3 Å². The van der Waals surface area contributed by atoms with Crippen LogP contribution in [-0.2, 0) is 11.0 Å². The first-order chi connectivity index (χ1) is 17.9. The third-order valence-electron chi connectivity index (χ3n) is 4.82. The molecule has 0 radical (unpaired) electrons. The van der Waals surface area contributed by atoms with Crippen molar-refractivity contribution in [2.75, 3.05) is 11.9 Å². The Kier molecular flexibility index (Phi) is 8.98. The van der Waals surface area contributed by atoms with E-state index in [2.05, 4.69) is 21.2 Å². The average molecular weight is 611 g/mol. The molecule has 0 heterocycles. The zero-order valence-electron chi connectivity index (χ0n) is 19.3. The van der Waals surface area contributed by atoms with Gasteiger partial charge in [-0.05, 0) is 70.9 Å². The normalized spacial score (nSPS) is 11.4. The Labute approximate surface area is 227 Å². The molecule has 3 aromatic rings. The molecule has 3 aromatic carbocycles. The third-order valence-corrected chi connectivity index (χ3v) is 5.74. The molecule has 1 amide bonds. The monoisotopic (exact) mass is 609 g/mol. The summed E-state index contributed by atoms with van der Waals surface area (Å²) in [5, 5.41) is 23.8. The van der Waals surface area contributed by atoms with Crippen LogP contribution < -0.4 is 14.8 Å². The maximum Gasteiger partial charge on any atom is 0.416 e. The zero-order valence-corrected chi connectivity index (χ0v) is 21.6. The van der Waals surface area contributed by atoms with Crippen LogP contribution >= 0.6 is 27.5 Å². The molecule has 0 aliphatic rings. The number of anilines is 1. The van der Waals surface area contributed by atoms with Gasteiger partial charge in [0, 0.05) is 6.07 Å². The molecule has 0 aliphatic heterocycles. The lowest BCUT2D eigenvalue weighted by molar-refractivity contribution is -0.385. The van der Waals surface area contributed by atoms with Gasteiger partial charge in [0.2, 0.25) is 5.75 Å². The Morgan fingerprint density at radius 1 is 1.21 bits per heavy atom. The van der Waals surface area contributed by atoms with Crippen molar-refractivity contribution >= 4 is 50.9 Å². The number of hydrogen-bond donors (Lipinski definition) is 1. The topological polar surface area (TPSA) is 114 Å². The van der Waals surface area contributed by atoms with Crippen LogP contribution in [-0.4, -0.2) is 17.4 Å². The van der Waals surface area contributed by atoms with Gasteiger partial charge in [0.15, 0.2) is 11.5 Å². The Morgan fingerprint density at radius 2 is 1.92 bits per heavy atom. The number of nitrogens with one attached hydrogen (secondary N) is 1. The summed E-state index contributed by atoms with van der Waals surface area (Å²) in [7, 11) is 0. The van der Waals surface area contributed by atoms with Gasteiger partial charge in [-0.15, -0.1) is 0 Å². The highest BCUT2D eigenvalue weighted by Gasteiger charge is 2.33. The van der Waals surface area contributed by atoms with E-state index in [0.717, 1.165) is 6.07 Å². The molecule has 0 saturated heterocycles. The predicted octanol–water partition coefficient (Wildman–Crippen LogP) is 7.77. The van der Waals surface area contributed by atoms with Crippen LogP contribution in [0.2, 0.25) is 5.02 Å². The van der Waals surface area contributed by atoms with Gasteiger partial charge in [0.25, 0.3) is 5.91 Å². The minimum absolute atomic E-state index is 0.0473. The molecular formula is C25H16BrClF3N3O5. The number of hydrogen-bond acceptors (Lipinski definition) is 6. The Bertz CT molecular complexity index is 1470. The zero-order chi connectivity index (χ0) is 28.0. The van der Waals surface area contributed by atoms with Crippen LogP contribution in [0.1, 0.15) is 18.1 Å². The van der Waals surface area contributed by atoms with Gasteiger partial charge in [-0.2, -0.15) is 18.4 Å². The molecule has 8 nitrogen and oxygen atoms in total. The van der Waals surface area contributed by atoms with E-state index in [0.29, 0.717) is 23.4 Å². The molecule has 0 spiro atoms. The second kappa shape index (κ2) is 12.0. The second-order valence-electron chi connectivity index (χ2n) is 7.41. The van der Waals surface area contributed by atoms with Gasteiger partial charge in [-0.1, -0.05) is 23.7 Å². The number of amides is 1. The number of nitrogens with zero attached hydrogens (tertiary/aromatic N) is 2. The van der Waals surface area contributed by atoms with Crippen molar-refractivity contribution in [2.45, 2.75) is 13.1 Å². The number of nitro benzene ring substituents is 1. The highest BCUT2D eigenvalue weighted by atomic mass is 79.9. The molecule has 3 rings (SSSR count). The minimum atomic E-state index is -4.79. The molecular weight excluding hydrogens is 595 g/mol. The number of nitro groups is 1. The number of para-hydroxylation sites is 1. The lowest BCUT2D eigenvalue weighted by Crippen LogP contribution is -2.13. The summed E-state index contributed by atoms with van der Waals surface area (Å²) < 4.78 is 50.5. The van der Waals surface area contributed by atoms with Crippen molar-refractivity contribution in [3.8, 4) is 23.3 Å². The van der Waals surface area contributed by atoms with Crippen LogP contribution in [0, 0.1) is 21.4 Å². The molecule has 0 bridgehead atoms. The van der Waals surface area contributed by atoms with E-state index in [9.17, 15) is 33.3 Å². The lowest BCUT2D eigenvalue weighted by Gasteiger charge is -2.15. The third kappa shape index (κ3) is 6.81. The fourth-order valence-corrected chi connectivity index (χ4v) is 3.86. The summed E-state index contributed by atoms with van der Waals surface area (Å²) in [5.41, 5.74) is -1.76. The molecule has 0 unspecified atom stereocenters. The summed E-state index contributed by atoms with van der Waals surface area (Å²) >= 11 is 9.31. The fourth-order valence-electron chi connectivity index (χ4n) is 3.13. The second-order valence-corrected chi connectivity index (χ2v) is 8.67. The average Bonchev–Trinajstić information content (AvgIpc) is 2.85. The first kappa shape index (κ1) is 28.5. The molecule has 13 heteroatoms. The Hall–Kier alpha value is -4.08. The Morgan fingerprint density at radius 3 is 2.53 bits per heavy atom. The summed E-state index contributed by atoms with van der Waals surface area (Å²) in [6, 6.07) is 13.0. The number of carbonyl (C=O) groups is 1. The SMILES string of the molecule is CCOc1cc(/C=C(\C#N)C(=O)Nc2ccccc2Cl)cc(Br)c1Oc1ccc(C(F)(F)F)cc1[N+](=O)[O-]. The van der Waals surface area contributed by atoms with Crippen LogP contribution in [0.5, 0.6) is 17.2 Å². The van der Waals surface area contributed by atoms with Gasteiger partial charge < -0.3 is 14.8 Å². The van der Waals surface area contributed by atoms with E-state index in [-0.39, 0.29) is 33.2 Å². The smallest absolute Gasteiger partial charge is 0.416 e. The van der Waals surface area contributed by atoms with Crippen molar-refractivity contribution in [1.82, 2.24) is 0 Å². The summed E-state index contributed by atoms with van der Waals surface area (Å²) in [6.45, 7) is 1.78. The highest BCUT2D eigenvalue weighted by molar-refractivity contribution is 9.10.